The normalized spacial score (nSPS) is 24.4. The minimum atomic E-state index is -2.79. The van der Waals surface area contributed by atoms with E-state index in [1.165, 1.54) is 9.75 Å². The Labute approximate surface area is 101 Å². The quantitative estimate of drug-likeness (QED) is 0.899. The molecule has 1 saturated heterocycles. The lowest BCUT2D eigenvalue weighted by Crippen LogP contribution is -2.39. The van der Waals surface area contributed by atoms with E-state index in [9.17, 15) is 8.42 Å². The molecule has 0 aliphatic carbocycles. The second-order valence-corrected chi connectivity index (χ2v) is 7.95. The van der Waals surface area contributed by atoms with Gasteiger partial charge in [0.2, 0.25) is 0 Å². The molecule has 0 bridgehead atoms. The largest absolute Gasteiger partial charge is 0.308 e. The Balaban J connectivity index is 1.86. The maximum Gasteiger partial charge on any atom is 0.151 e. The first-order valence-electron chi connectivity index (χ1n) is 5.54. The third-order valence-electron chi connectivity index (χ3n) is 2.82. The molecule has 0 aromatic carbocycles. The molecule has 0 radical (unpaired) electrons. The van der Waals surface area contributed by atoms with Crippen molar-refractivity contribution in [3.63, 3.8) is 0 Å². The molecule has 1 unspecified atom stereocenters. The van der Waals surface area contributed by atoms with Crippen LogP contribution in [0.5, 0.6) is 0 Å². The molecule has 16 heavy (non-hydrogen) atoms. The van der Waals surface area contributed by atoms with Gasteiger partial charge in [0.25, 0.3) is 0 Å². The summed E-state index contributed by atoms with van der Waals surface area (Å²) in [6.45, 7) is 2.87. The zero-order valence-electron chi connectivity index (χ0n) is 9.40. The molecule has 1 N–H and O–H groups in total. The number of aryl methyl sites for hydroxylation is 1. The maximum atomic E-state index is 11.4. The molecule has 1 atom stereocenters. The predicted octanol–water partition coefficient (Wildman–Crippen LogP) is 1.72. The van der Waals surface area contributed by atoms with Crippen LogP contribution in [-0.4, -0.2) is 26.0 Å². The van der Waals surface area contributed by atoms with Gasteiger partial charge in [-0.25, -0.2) is 8.42 Å². The van der Waals surface area contributed by atoms with E-state index >= 15 is 0 Å². The Bertz CT molecular complexity index is 450. The van der Waals surface area contributed by atoms with Crippen LogP contribution >= 0.6 is 11.3 Å². The molecule has 5 heteroatoms. The Hall–Kier alpha value is -0.390. The lowest BCUT2D eigenvalue weighted by molar-refractivity contribution is 0.482. The van der Waals surface area contributed by atoms with Crippen LogP contribution in [0, 0.1) is 6.92 Å². The fraction of sp³-hybridized carbons (Fsp3) is 0.636. The molecule has 3 nitrogen and oxygen atoms in total. The van der Waals surface area contributed by atoms with Gasteiger partial charge in [-0.15, -0.1) is 11.3 Å². The van der Waals surface area contributed by atoms with Gasteiger partial charge in [0, 0.05) is 22.3 Å². The maximum absolute atomic E-state index is 11.4. The van der Waals surface area contributed by atoms with Crippen molar-refractivity contribution in [2.45, 2.75) is 32.4 Å². The molecule has 2 rings (SSSR count). The summed E-state index contributed by atoms with van der Waals surface area (Å²) in [5, 5.41) is 3.34. The molecule has 90 valence electrons. The van der Waals surface area contributed by atoms with Gasteiger partial charge in [0.1, 0.15) is 0 Å². The zero-order valence-corrected chi connectivity index (χ0v) is 11.0. The average Bonchev–Trinajstić information content (AvgIpc) is 2.60. The fourth-order valence-corrected chi connectivity index (χ4v) is 4.52. The second-order valence-electron chi connectivity index (χ2n) is 4.35. The topological polar surface area (TPSA) is 46.2 Å². The highest BCUT2D eigenvalue weighted by Crippen LogP contribution is 2.16. The monoisotopic (exact) mass is 259 g/mol. The molecule has 2 heterocycles. The fourth-order valence-electron chi connectivity index (χ4n) is 2.01. The third-order valence-corrected chi connectivity index (χ3v) is 5.65. The van der Waals surface area contributed by atoms with Gasteiger partial charge >= 0.3 is 0 Å². The third kappa shape index (κ3) is 3.30. The molecular formula is C11H17NO2S2. The van der Waals surface area contributed by atoms with E-state index < -0.39 is 9.84 Å². The molecule has 0 amide bonds. The smallest absolute Gasteiger partial charge is 0.151 e. The van der Waals surface area contributed by atoms with Gasteiger partial charge in [0.15, 0.2) is 9.84 Å². The number of hydrogen-bond acceptors (Lipinski definition) is 4. The average molecular weight is 259 g/mol. The van der Waals surface area contributed by atoms with Gasteiger partial charge < -0.3 is 5.32 Å². The van der Waals surface area contributed by atoms with Crippen molar-refractivity contribution in [2.24, 2.45) is 0 Å². The number of thiophene rings is 1. The van der Waals surface area contributed by atoms with Crippen molar-refractivity contribution in [3.8, 4) is 0 Å². The number of hydrogen-bond donors (Lipinski definition) is 1. The number of nitrogens with one attached hydrogen (secondary N) is 1. The van der Waals surface area contributed by atoms with Crippen LogP contribution < -0.4 is 5.32 Å². The molecule has 1 fully saturated rings. The summed E-state index contributed by atoms with van der Waals surface area (Å²) in [6, 6.07) is 4.34. The van der Waals surface area contributed by atoms with Crippen molar-refractivity contribution >= 4 is 21.2 Å². The Morgan fingerprint density at radius 3 is 2.94 bits per heavy atom. The summed E-state index contributed by atoms with van der Waals surface area (Å²) >= 11 is 1.76. The second kappa shape index (κ2) is 4.85. The summed E-state index contributed by atoms with van der Waals surface area (Å²) in [7, 11) is -2.79. The van der Waals surface area contributed by atoms with E-state index in [0.717, 1.165) is 19.4 Å². The number of rotatable bonds is 3. The SMILES string of the molecule is Cc1ccc(CNC2CCCS(=O)(=O)C2)s1. The Morgan fingerprint density at radius 2 is 2.31 bits per heavy atom. The van der Waals surface area contributed by atoms with Crippen LogP contribution in [-0.2, 0) is 16.4 Å². The molecule has 0 saturated carbocycles. The summed E-state index contributed by atoms with van der Waals surface area (Å²) < 4.78 is 22.9. The van der Waals surface area contributed by atoms with Crippen molar-refractivity contribution in [1.29, 1.82) is 0 Å². The van der Waals surface area contributed by atoms with Gasteiger partial charge in [-0.3, -0.25) is 0 Å². The molecular weight excluding hydrogens is 242 g/mol. The summed E-state index contributed by atoms with van der Waals surface area (Å²) in [5.74, 6) is 0.667. The highest BCUT2D eigenvalue weighted by molar-refractivity contribution is 7.91. The van der Waals surface area contributed by atoms with Crippen molar-refractivity contribution in [3.05, 3.63) is 21.9 Å². The lowest BCUT2D eigenvalue weighted by Gasteiger charge is -2.22. The minimum absolute atomic E-state index is 0.140. The van der Waals surface area contributed by atoms with E-state index in [4.69, 9.17) is 0 Å². The van der Waals surface area contributed by atoms with Crippen LogP contribution in [0.25, 0.3) is 0 Å². The first-order chi connectivity index (χ1) is 7.55. The standard InChI is InChI=1S/C11H17NO2S2/c1-9-4-5-11(15-9)7-12-10-3-2-6-16(13,14)8-10/h4-5,10,12H,2-3,6-8H2,1H3. The molecule has 1 aliphatic rings. The molecule has 1 aromatic heterocycles. The predicted molar refractivity (Wildman–Crippen MR) is 67.6 cm³/mol. The molecule has 0 spiro atoms. The highest BCUT2D eigenvalue weighted by atomic mass is 32.2. The van der Waals surface area contributed by atoms with Crippen LogP contribution in [0.15, 0.2) is 12.1 Å². The van der Waals surface area contributed by atoms with Crippen LogP contribution in [0.3, 0.4) is 0 Å². The van der Waals surface area contributed by atoms with Gasteiger partial charge in [-0.1, -0.05) is 0 Å². The van der Waals surface area contributed by atoms with E-state index in [1.807, 2.05) is 0 Å². The highest BCUT2D eigenvalue weighted by Gasteiger charge is 2.24. The van der Waals surface area contributed by atoms with Crippen molar-refractivity contribution in [2.75, 3.05) is 11.5 Å². The van der Waals surface area contributed by atoms with Crippen LogP contribution in [0.2, 0.25) is 0 Å². The lowest BCUT2D eigenvalue weighted by atomic mass is 10.2. The van der Waals surface area contributed by atoms with E-state index in [0.29, 0.717) is 11.5 Å². The van der Waals surface area contributed by atoms with E-state index in [2.05, 4.69) is 24.4 Å². The number of sulfone groups is 1. The molecule has 1 aliphatic heterocycles. The van der Waals surface area contributed by atoms with Crippen LogP contribution in [0.4, 0.5) is 0 Å². The molecule has 1 aromatic rings. The van der Waals surface area contributed by atoms with Gasteiger partial charge in [-0.2, -0.15) is 0 Å². The van der Waals surface area contributed by atoms with E-state index in [1.54, 1.807) is 11.3 Å². The van der Waals surface area contributed by atoms with Gasteiger partial charge in [0.05, 0.1) is 11.5 Å². The summed E-state index contributed by atoms with van der Waals surface area (Å²) in [5.41, 5.74) is 0. The minimum Gasteiger partial charge on any atom is -0.308 e. The summed E-state index contributed by atoms with van der Waals surface area (Å²) in [6.07, 6.45) is 1.77. The Kier molecular flexibility index (Phi) is 3.66. The van der Waals surface area contributed by atoms with Crippen LogP contribution in [0.1, 0.15) is 22.6 Å². The van der Waals surface area contributed by atoms with E-state index in [-0.39, 0.29) is 6.04 Å². The van der Waals surface area contributed by atoms with Crippen molar-refractivity contribution < 1.29 is 8.42 Å². The zero-order chi connectivity index (χ0) is 11.6. The van der Waals surface area contributed by atoms with Gasteiger partial charge in [-0.05, 0) is 31.9 Å². The Morgan fingerprint density at radius 1 is 1.50 bits per heavy atom. The van der Waals surface area contributed by atoms with Crippen molar-refractivity contribution in [1.82, 2.24) is 5.32 Å². The summed E-state index contributed by atoms with van der Waals surface area (Å²) in [4.78, 5) is 2.58. The first kappa shape index (κ1) is 12.1. The first-order valence-corrected chi connectivity index (χ1v) is 8.18.